The van der Waals surface area contributed by atoms with Crippen molar-refractivity contribution in [1.82, 2.24) is 0 Å². The van der Waals surface area contributed by atoms with Crippen molar-refractivity contribution in [2.45, 2.75) is 31.8 Å². The lowest BCUT2D eigenvalue weighted by molar-refractivity contribution is 0.148. The van der Waals surface area contributed by atoms with E-state index in [1.165, 1.54) is 6.42 Å². The predicted octanol–water partition coefficient (Wildman–Crippen LogP) is 3.69. The molecule has 1 aromatic heterocycles. The second-order valence-electron chi connectivity index (χ2n) is 5.63. The maximum absolute atomic E-state index is 10.3. The highest BCUT2D eigenvalue weighted by atomic mass is 16.5. The molecule has 2 aromatic rings. The third-order valence-corrected chi connectivity index (χ3v) is 4.01. The summed E-state index contributed by atoms with van der Waals surface area (Å²) in [6.07, 6.45) is 1.12. The maximum Gasteiger partial charge on any atom is 0.133 e. The summed E-state index contributed by atoms with van der Waals surface area (Å²) in [6.45, 7) is 2.22. The molecule has 1 saturated carbocycles. The lowest BCUT2D eigenvalue weighted by Gasteiger charge is -2.09. The van der Waals surface area contributed by atoms with Gasteiger partial charge in [-0.3, -0.25) is 0 Å². The van der Waals surface area contributed by atoms with Gasteiger partial charge in [0.15, 0.2) is 0 Å². The summed E-state index contributed by atoms with van der Waals surface area (Å²) >= 11 is 0. The van der Waals surface area contributed by atoms with Crippen LogP contribution in [0.25, 0.3) is 0 Å². The monoisotopic (exact) mass is 272 g/mol. The van der Waals surface area contributed by atoms with Crippen molar-refractivity contribution in [2.24, 2.45) is 5.92 Å². The Labute approximate surface area is 119 Å². The van der Waals surface area contributed by atoms with Gasteiger partial charge < -0.3 is 14.3 Å². The Hall–Kier alpha value is -1.74. The minimum Gasteiger partial charge on any atom is -0.497 e. The largest absolute Gasteiger partial charge is 0.497 e. The molecule has 106 valence electrons. The number of aliphatic hydroxyl groups excluding tert-OH is 1. The molecular weight excluding hydrogens is 252 g/mol. The average Bonchev–Trinajstić information content (AvgIpc) is 3.00. The fourth-order valence-corrected chi connectivity index (χ4v) is 2.59. The number of aliphatic hydroxyl groups is 1. The van der Waals surface area contributed by atoms with Crippen LogP contribution in [-0.4, -0.2) is 12.2 Å². The van der Waals surface area contributed by atoms with Gasteiger partial charge in [-0.25, -0.2) is 0 Å². The summed E-state index contributed by atoms with van der Waals surface area (Å²) < 4.78 is 11.0. The molecule has 0 bridgehead atoms. The normalized spacial score (nSPS) is 22.6. The molecule has 20 heavy (non-hydrogen) atoms. The Kier molecular flexibility index (Phi) is 3.53. The van der Waals surface area contributed by atoms with Crippen LogP contribution >= 0.6 is 0 Å². The second kappa shape index (κ2) is 5.33. The van der Waals surface area contributed by atoms with Gasteiger partial charge in [0.25, 0.3) is 0 Å². The maximum atomic E-state index is 10.3. The molecule has 0 aliphatic heterocycles. The van der Waals surface area contributed by atoms with Crippen molar-refractivity contribution in [3.8, 4) is 5.75 Å². The van der Waals surface area contributed by atoms with Crippen molar-refractivity contribution < 1.29 is 14.3 Å². The number of ether oxygens (including phenoxy) is 1. The van der Waals surface area contributed by atoms with Gasteiger partial charge in [-0.05, 0) is 42.2 Å². The highest BCUT2D eigenvalue weighted by molar-refractivity contribution is 5.29. The number of methoxy groups -OCH3 is 1. The molecule has 0 amide bonds. The molecule has 1 fully saturated rings. The van der Waals surface area contributed by atoms with Crippen molar-refractivity contribution in [2.75, 3.05) is 7.11 Å². The van der Waals surface area contributed by atoms with Gasteiger partial charge in [0.1, 0.15) is 23.4 Å². The first-order valence-corrected chi connectivity index (χ1v) is 7.08. The zero-order valence-electron chi connectivity index (χ0n) is 11.9. The Morgan fingerprint density at radius 2 is 2.15 bits per heavy atom. The number of rotatable bonds is 5. The molecule has 1 heterocycles. The second-order valence-corrected chi connectivity index (χ2v) is 5.63. The zero-order chi connectivity index (χ0) is 14.1. The Balaban J connectivity index is 1.69. The highest BCUT2D eigenvalue weighted by Crippen LogP contribution is 2.47. The van der Waals surface area contributed by atoms with Crippen LogP contribution in [0.15, 0.2) is 40.8 Å². The van der Waals surface area contributed by atoms with E-state index in [1.54, 1.807) is 7.11 Å². The fourth-order valence-electron chi connectivity index (χ4n) is 2.59. The van der Waals surface area contributed by atoms with E-state index < -0.39 is 6.10 Å². The standard InChI is InChI=1S/C17H20O3/c1-11-8-14(11)16-6-7-17(20-16)15(18)10-12-4-3-5-13(9-12)19-2/h3-7,9,11,14-15,18H,8,10H2,1-2H3. The minimum absolute atomic E-state index is 0.532. The third-order valence-electron chi connectivity index (χ3n) is 4.01. The summed E-state index contributed by atoms with van der Waals surface area (Å²) in [5, 5.41) is 10.3. The Morgan fingerprint density at radius 1 is 1.35 bits per heavy atom. The van der Waals surface area contributed by atoms with Gasteiger partial charge in [-0.1, -0.05) is 19.1 Å². The lowest BCUT2D eigenvalue weighted by Crippen LogP contribution is -2.00. The quantitative estimate of drug-likeness (QED) is 0.902. The van der Waals surface area contributed by atoms with Crippen molar-refractivity contribution in [3.05, 3.63) is 53.5 Å². The van der Waals surface area contributed by atoms with Crippen LogP contribution < -0.4 is 4.74 Å². The van der Waals surface area contributed by atoms with E-state index >= 15 is 0 Å². The number of hydrogen-bond donors (Lipinski definition) is 1. The Morgan fingerprint density at radius 3 is 2.85 bits per heavy atom. The molecule has 1 aliphatic carbocycles. The van der Waals surface area contributed by atoms with Crippen LogP contribution in [0.4, 0.5) is 0 Å². The van der Waals surface area contributed by atoms with Crippen LogP contribution in [0.1, 0.15) is 42.5 Å². The van der Waals surface area contributed by atoms with E-state index in [1.807, 2.05) is 36.4 Å². The SMILES string of the molecule is COc1cccc(CC(O)c2ccc(C3CC3C)o2)c1. The summed E-state index contributed by atoms with van der Waals surface area (Å²) in [5.74, 6) is 3.73. The van der Waals surface area contributed by atoms with Gasteiger partial charge in [-0.2, -0.15) is 0 Å². The molecule has 3 heteroatoms. The van der Waals surface area contributed by atoms with Crippen LogP contribution in [-0.2, 0) is 6.42 Å². The highest BCUT2D eigenvalue weighted by Gasteiger charge is 2.36. The fraction of sp³-hybridized carbons (Fsp3) is 0.412. The molecule has 3 nitrogen and oxygen atoms in total. The summed E-state index contributed by atoms with van der Waals surface area (Å²) in [4.78, 5) is 0. The zero-order valence-corrected chi connectivity index (χ0v) is 11.9. The smallest absolute Gasteiger partial charge is 0.133 e. The van der Waals surface area contributed by atoms with Crippen LogP contribution in [0.2, 0.25) is 0 Å². The first-order valence-electron chi connectivity index (χ1n) is 7.08. The minimum atomic E-state index is -0.607. The number of furan rings is 1. The van der Waals surface area contributed by atoms with Gasteiger partial charge in [0, 0.05) is 12.3 Å². The molecule has 3 atom stereocenters. The van der Waals surface area contributed by atoms with E-state index in [-0.39, 0.29) is 0 Å². The molecular formula is C17H20O3. The first-order chi connectivity index (χ1) is 9.67. The summed E-state index contributed by atoms with van der Waals surface area (Å²) in [7, 11) is 1.64. The molecule has 1 aromatic carbocycles. The van der Waals surface area contributed by atoms with Gasteiger partial charge in [-0.15, -0.1) is 0 Å². The van der Waals surface area contributed by atoms with Crippen molar-refractivity contribution >= 4 is 0 Å². The molecule has 0 saturated heterocycles. The topological polar surface area (TPSA) is 42.6 Å². The van der Waals surface area contributed by atoms with E-state index in [9.17, 15) is 5.11 Å². The molecule has 1 aliphatic rings. The average molecular weight is 272 g/mol. The van der Waals surface area contributed by atoms with E-state index in [0.29, 0.717) is 24.0 Å². The van der Waals surface area contributed by atoms with Crippen molar-refractivity contribution in [3.63, 3.8) is 0 Å². The number of hydrogen-bond acceptors (Lipinski definition) is 3. The van der Waals surface area contributed by atoms with E-state index in [0.717, 1.165) is 17.1 Å². The van der Waals surface area contributed by atoms with Gasteiger partial charge in [0.2, 0.25) is 0 Å². The third kappa shape index (κ3) is 2.73. The van der Waals surface area contributed by atoms with Crippen LogP contribution in [0.5, 0.6) is 5.75 Å². The van der Waals surface area contributed by atoms with E-state index in [4.69, 9.17) is 9.15 Å². The van der Waals surface area contributed by atoms with Crippen LogP contribution in [0, 0.1) is 5.92 Å². The summed E-state index contributed by atoms with van der Waals surface area (Å²) in [6, 6.07) is 11.6. The number of benzene rings is 1. The molecule has 3 unspecified atom stereocenters. The van der Waals surface area contributed by atoms with Crippen molar-refractivity contribution in [1.29, 1.82) is 0 Å². The first kappa shape index (κ1) is 13.3. The molecule has 0 radical (unpaired) electrons. The molecule has 0 spiro atoms. The summed E-state index contributed by atoms with van der Waals surface area (Å²) in [5.41, 5.74) is 1.04. The molecule has 1 N–H and O–H groups in total. The molecule has 3 rings (SSSR count). The Bertz CT molecular complexity index is 587. The van der Waals surface area contributed by atoms with Gasteiger partial charge in [0.05, 0.1) is 7.11 Å². The predicted molar refractivity (Wildman–Crippen MR) is 76.9 cm³/mol. The van der Waals surface area contributed by atoms with Gasteiger partial charge >= 0.3 is 0 Å². The van der Waals surface area contributed by atoms with E-state index in [2.05, 4.69) is 6.92 Å². The lowest BCUT2D eigenvalue weighted by atomic mass is 10.1. The van der Waals surface area contributed by atoms with Crippen LogP contribution in [0.3, 0.4) is 0 Å².